The molecule has 0 aliphatic carbocycles. The lowest BCUT2D eigenvalue weighted by molar-refractivity contribution is 0.576. The first-order valence-electron chi connectivity index (χ1n) is 6.56. The Kier molecular flexibility index (Phi) is 4.70. The van der Waals surface area contributed by atoms with E-state index in [4.69, 9.17) is 17.3 Å². The quantitative estimate of drug-likeness (QED) is 0.912. The van der Waals surface area contributed by atoms with E-state index in [0.717, 1.165) is 11.3 Å². The maximum Gasteiger partial charge on any atom is 0.180 e. The molecule has 0 saturated carbocycles. The van der Waals surface area contributed by atoms with Crippen molar-refractivity contribution in [1.29, 1.82) is 0 Å². The zero-order chi connectivity index (χ0) is 15.6. The molecule has 0 radical (unpaired) electrons. The summed E-state index contributed by atoms with van der Waals surface area (Å²) in [6.07, 6.45) is 0. The Bertz CT molecular complexity index is 736. The van der Waals surface area contributed by atoms with Crippen LogP contribution in [0.25, 0.3) is 0 Å². The lowest BCUT2D eigenvalue weighted by Crippen LogP contribution is -2.15. The van der Waals surface area contributed by atoms with E-state index >= 15 is 0 Å². The van der Waals surface area contributed by atoms with Gasteiger partial charge in [-0.3, -0.25) is 4.68 Å². The molecule has 7 heteroatoms. The molecular weight excluding hydrogens is 310 g/mol. The molecule has 2 rings (SSSR count). The molecule has 0 spiro atoms. The first kappa shape index (κ1) is 16.0. The molecule has 1 aromatic carbocycles. The number of nitrogens with zero attached hydrogens (tertiary/aromatic N) is 2. The summed E-state index contributed by atoms with van der Waals surface area (Å²) in [7, 11) is -3.35. The van der Waals surface area contributed by atoms with Gasteiger partial charge in [-0.2, -0.15) is 5.10 Å². The van der Waals surface area contributed by atoms with Gasteiger partial charge in [0.1, 0.15) is 0 Å². The van der Waals surface area contributed by atoms with Crippen LogP contribution >= 0.6 is 11.6 Å². The molecule has 5 nitrogen and oxygen atoms in total. The maximum absolute atomic E-state index is 12.3. The van der Waals surface area contributed by atoms with E-state index in [2.05, 4.69) is 5.10 Å². The summed E-state index contributed by atoms with van der Waals surface area (Å²) in [6, 6.07) is 6.64. The van der Waals surface area contributed by atoms with E-state index in [1.54, 1.807) is 35.9 Å². The summed E-state index contributed by atoms with van der Waals surface area (Å²) >= 11 is 6.05. The molecule has 1 aromatic heterocycles. The van der Waals surface area contributed by atoms with Crippen molar-refractivity contribution in [2.24, 2.45) is 5.73 Å². The number of sulfone groups is 1. The van der Waals surface area contributed by atoms with Crippen molar-refractivity contribution in [1.82, 2.24) is 9.78 Å². The Labute approximate surface area is 129 Å². The number of benzene rings is 1. The van der Waals surface area contributed by atoms with Gasteiger partial charge in [-0.1, -0.05) is 23.7 Å². The fraction of sp³-hybridized carbons (Fsp3) is 0.357. The van der Waals surface area contributed by atoms with Crippen molar-refractivity contribution >= 4 is 21.4 Å². The number of nitrogens with two attached hydrogens (primary N) is 1. The van der Waals surface area contributed by atoms with E-state index < -0.39 is 9.84 Å². The fourth-order valence-electron chi connectivity index (χ4n) is 2.05. The van der Waals surface area contributed by atoms with Crippen LogP contribution in [0.3, 0.4) is 0 Å². The highest BCUT2D eigenvalue weighted by molar-refractivity contribution is 7.91. The van der Waals surface area contributed by atoms with Gasteiger partial charge < -0.3 is 5.73 Å². The lowest BCUT2D eigenvalue weighted by atomic mass is 10.2. The minimum atomic E-state index is -3.35. The molecule has 2 aromatic rings. The molecule has 1 heterocycles. The normalized spacial score (nSPS) is 11.8. The Morgan fingerprint density at radius 2 is 1.86 bits per heavy atom. The van der Waals surface area contributed by atoms with Gasteiger partial charge in [0.2, 0.25) is 0 Å². The van der Waals surface area contributed by atoms with Crippen LogP contribution in [0.2, 0.25) is 5.02 Å². The second kappa shape index (κ2) is 6.17. The van der Waals surface area contributed by atoms with Gasteiger partial charge in [-0.25, -0.2) is 8.42 Å². The summed E-state index contributed by atoms with van der Waals surface area (Å²) in [5, 5.41) is 4.82. The van der Waals surface area contributed by atoms with Crippen molar-refractivity contribution in [3.63, 3.8) is 0 Å². The van der Waals surface area contributed by atoms with E-state index in [0.29, 0.717) is 22.2 Å². The van der Waals surface area contributed by atoms with Crippen molar-refractivity contribution in [3.05, 3.63) is 46.2 Å². The monoisotopic (exact) mass is 327 g/mol. The predicted molar refractivity (Wildman–Crippen MR) is 83.1 cm³/mol. The Morgan fingerprint density at radius 1 is 1.24 bits per heavy atom. The summed E-state index contributed by atoms with van der Waals surface area (Å²) in [4.78, 5) is 0.298. The number of halogens is 1. The molecule has 0 aliphatic heterocycles. The number of rotatable bonds is 5. The molecule has 0 unspecified atom stereocenters. The van der Waals surface area contributed by atoms with Crippen LogP contribution in [0.1, 0.15) is 17.0 Å². The SMILES string of the molecule is Cc1nn(CCS(=O)(=O)c2ccc(CN)cc2)c(C)c1Cl. The average Bonchev–Trinajstić information content (AvgIpc) is 2.72. The minimum Gasteiger partial charge on any atom is -0.326 e. The molecular formula is C14H18ClN3O2S. The topological polar surface area (TPSA) is 78.0 Å². The number of hydrogen-bond donors (Lipinski definition) is 1. The molecule has 2 N–H and O–H groups in total. The molecule has 0 fully saturated rings. The van der Waals surface area contributed by atoms with Crippen LogP contribution in [0.4, 0.5) is 0 Å². The number of aromatic nitrogens is 2. The molecule has 0 aliphatic rings. The summed E-state index contributed by atoms with van der Waals surface area (Å²) in [5.41, 5.74) is 7.89. The predicted octanol–water partition coefficient (Wildman–Crippen LogP) is 2.09. The summed E-state index contributed by atoms with van der Waals surface area (Å²) < 4.78 is 26.2. The molecule has 0 atom stereocenters. The van der Waals surface area contributed by atoms with Gasteiger partial charge in [0.25, 0.3) is 0 Å². The standard InChI is InChI=1S/C14H18ClN3O2S/c1-10-14(15)11(2)18(17-10)7-8-21(19,20)13-5-3-12(9-16)4-6-13/h3-6H,7-9,16H2,1-2H3. The molecule has 114 valence electrons. The molecule has 21 heavy (non-hydrogen) atoms. The number of hydrogen-bond acceptors (Lipinski definition) is 4. The molecule has 0 saturated heterocycles. The highest BCUT2D eigenvalue weighted by Crippen LogP contribution is 2.19. The van der Waals surface area contributed by atoms with Crippen molar-refractivity contribution < 1.29 is 8.42 Å². The van der Waals surface area contributed by atoms with Crippen LogP contribution < -0.4 is 5.73 Å². The van der Waals surface area contributed by atoms with Crippen LogP contribution in [0.15, 0.2) is 29.2 Å². The molecule has 0 bridgehead atoms. The Balaban J connectivity index is 2.15. The van der Waals surface area contributed by atoms with Gasteiger partial charge in [-0.15, -0.1) is 0 Å². The Hall–Kier alpha value is -1.37. The lowest BCUT2D eigenvalue weighted by Gasteiger charge is -2.07. The smallest absolute Gasteiger partial charge is 0.180 e. The maximum atomic E-state index is 12.3. The third kappa shape index (κ3) is 3.45. The second-order valence-corrected chi connectivity index (χ2v) is 7.36. The van der Waals surface area contributed by atoms with Gasteiger partial charge in [0.15, 0.2) is 9.84 Å². The third-order valence-corrected chi connectivity index (χ3v) is 5.64. The van der Waals surface area contributed by atoms with Crippen molar-refractivity contribution in [3.8, 4) is 0 Å². The van der Waals surface area contributed by atoms with Crippen LogP contribution in [0.5, 0.6) is 0 Å². The van der Waals surface area contributed by atoms with Crippen LogP contribution in [0, 0.1) is 13.8 Å². The largest absolute Gasteiger partial charge is 0.326 e. The first-order chi connectivity index (χ1) is 9.85. The second-order valence-electron chi connectivity index (χ2n) is 4.87. The van der Waals surface area contributed by atoms with Gasteiger partial charge in [0.05, 0.1) is 33.6 Å². The first-order valence-corrected chi connectivity index (χ1v) is 8.59. The van der Waals surface area contributed by atoms with Crippen molar-refractivity contribution in [2.45, 2.75) is 31.8 Å². The van der Waals surface area contributed by atoms with E-state index in [9.17, 15) is 8.42 Å². The van der Waals surface area contributed by atoms with Crippen molar-refractivity contribution in [2.75, 3.05) is 5.75 Å². The highest BCUT2D eigenvalue weighted by Gasteiger charge is 2.16. The van der Waals surface area contributed by atoms with Crippen LogP contribution in [-0.4, -0.2) is 24.0 Å². The van der Waals surface area contributed by atoms with E-state index in [1.807, 2.05) is 6.92 Å². The van der Waals surface area contributed by atoms with Gasteiger partial charge in [0, 0.05) is 6.54 Å². The van der Waals surface area contributed by atoms with Crippen LogP contribution in [-0.2, 0) is 22.9 Å². The highest BCUT2D eigenvalue weighted by atomic mass is 35.5. The molecule has 0 amide bonds. The zero-order valence-corrected chi connectivity index (χ0v) is 13.6. The minimum absolute atomic E-state index is 0.0206. The third-order valence-electron chi connectivity index (χ3n) is 3.38. The van der Waals surface area contributed by atoms with Gasteiger partial charge >= 0.3 is 0 Å². The van der Waals surface area contributed by atoms with E-state index in [-0.39, 0.29) is 12.3 Å². The fourth-order valence-corrected chi connectivity index (χ4v) is 3.39. The summed E-state index contributed by atoms with van der Waals surface area (Å²) in [5.74, 6) is -0.0206. The van der Waals surface area contributed by atoms with E-state index in [1.165, 1.54) is 0 Å². The number of aryl methyl sites for hydroxylation is 2. The van der Waals surface area contributed by atoms with Gasteiger partial charge in [-0.05, 0) is 31.5 Å². The zero-order valence-electron chi connectivity index (χ0n) is 12.0. The summed E-state index contributed by atoms with van der Waals surface area (Å²) in [6.45, 7) is 4.29. The average molecular weight is 328 g/mol. The Morgan fingerprint density at radius 3 is 2.33 bits per heavy atom.